The van der Waals surface area contributed by atoms with Gasteiger partial charge in [0.25, 0.3) is 0 Å². The average molecular weight is 1020 g/mol. The van der Waals surface area contributed by atoms with Crippen LogP contribution >= 0.6 is 0 Å². The molecule has 2 aromatic heterocycles. The van der Waals surface area contributed by atoms with Crippen molar-refractivity contribution < 1.29 is 55.8 Å². The fourth-order valence-corrected chi connectivity index (χ4v) is 13.4. The molecule has 5 aliphatic heterocycles. The number of hydrogen-bond donors (Lipinski definition) is 4. The maximum Gasteiger partial charge on any atom is 0.416 e. The van der Waals surface area contributed by atoms with E-state index in [-0.39, 0.29) is 28.8 Å². The molecular weight excluding hydrogens is 967 g/mol. The Labute approximate surface area is 422 Å². The van der Waals surface area contributed by atoms with E-state index in [0.717, 1.165) is 35.2 Å². The summed E-state index contributed by atoms with van der Waals surface area (Å²) in [7, 11) is 2.58. The maximum atomic E-state index is 15.0. The third-order valence-electron chi connectivity index (χ3n) is 16.7. The summed E-state index contributed by atoms with van der Waals surface area (Å²) in [5.41, 5.74) is 1.13. The molecular formula is C56H56F6N6O6. The van der Waals surface area contributed by atoms with Crippen molar-refractivity contribution in [3.05, 3.63) is 142 Å². The van der Waals surface area contributed by atoms with E-state index in [1.54, 1.807) is 0 Å². The van der Waals surface area contributed by atoms with Gasteiger partial charge in [-0.1, -0.05) is 62.4 Å². The van der Waals surface area contributed by atoms with Gasteiger partial charge in [-0.15, -0.1) is 0 Å². The second-order valence-corrected chi connectivity index (χ2v) is 20.4. The van der Waals surface area contributed by atoms with E-state index in [9.17, 15) is 46.3 Å². The van der Waals surface area contributed by atoms with Crippen LogP contribution in [0.1, 0.15) is 116 Å². The summed E-state index contributed by atoms with van der Waals surface area (Å²) in [4.78, 5) is 28.9. The number of carbonyl (C=O) groups is 2. The first-order valence-corrected chi connectivity index (χ1v) is 25.1. The van der Waals surface area contributed by atoms with Crippen LogP contribution in [-0.4, -0.2) is 75.0 Å². The van der Waals surface area contributed by atoms with Gasteiger partial charge < -0.3 is 39.7 Å². The highest BCUT2D eigenvalue weighted by atomic mass is 19.4. The van der Waals surface area contributed by atoms with E-state index in [1.165, 1.54) is 42.5 Å². The van der Waals surface area contributed by atoms with Gasteiger partial charge >= 0.3 is 24.3 Å². The fraction of sp³-hybridized carbons (Fsp3) is 0.393. The van der Waals surface area contributed by atoms with Crippen LogP contribution in [0.5, 0.6) is 0 Å². The maximum absolute atomic E-state index is 15.0. The zero-order chi connectivity index (χ0) is 52.2. The number of ether oxygens (including phenoxy) is 2. The molecule has 12 nitrogen and oxygen atoms in total. The van der Waals surface area contributed by atoms with Crippen molar-refractivity contribution in [2.75, 3.05) is 37.9 Å². The third kappa shape index (κ3) is 7.64. The molecule has 11 rings (SSSR count). The van der Waals surface area contributed by atoms with Crippen molar-refractivity contribution in [2.24, 2.45) is 10.8 Å². The van der Waals surface area contributed by atoms with Crippen LogP contribution in [0.2, 0.25) is 0 Å². The number of fused-ring (bicyclic) bond motifs is 11. The average Bonchev–Trinajstić information content (AvgIpc) is 3.90. The van der Waals surface area contributed by atoms with Crippen molar-refractivity contribution in [1.29, 1.82) is 0 Å². The van der Waals surface area contributed by atoms with Crippen LogP contribution in [0.4, 0.5) is 37.7 Å². The Balaban J connectivity index is 1.23. The number of carbonyl (C=O) groups excluding carboxylic acids is 2. The Hall–Kier alpha value is -6.60. The molecule has 4 N–H and O–H groups in total. The number of alkyl halides is 6. The summed E-state index contributed by atoms with van der Waals surface area (Å²) in [5.74, 6) is -2.28. The lowest BCUT2D eigenvalue weighted by molar-refractivity contribution is -0.203. The van der Waals surface area contributed by atoms with Gasteiger partial charge in [0.05, 0.1) is 65.0 Å². The van der Waals surface area contributed by atoms with Crippen LogP contribution in [0, 0.1) is 10.8 Å². The van der Waals surface area contributed by atoms with E-state index in [4.69, 9.17) is 9.47 Å². The largest absolute Gasteiger partial charge is 0.465 e. The molecule has 0 saturated carbocycles. The Kier molecular flexibility index (Phi) is 12.1. The lowest BCUT2D eigenvalue weighted by Crippen LogP contribution is -2.49. The first-order chi connectivity index (χ1) is 35.4. The fourth-order valence-electron chi connectivity index (χ4n) is 13.4. The molecule has 4 aromatic carbocycles. The molecule has 74 heavy (non-hydrogen) atoms. The van der Waals surface area contributed by atoms with Crippen LogP contribution in [-0.2, 0) is 37.8 Å². The molecule has 388 valence electrons. The molecule has 7 atom stereocenters. The third-order valence-corrected chi connectivity index (χ3v) is 16.7. The molecule has 0 bridgehead atoms. The number of halogens is 6. The molecule has 0 spiro atoms. The number of anilines is 2. The van der Waals surface area contributed by atoms with Gasteiger partial charge in [-0.05, 0) is 116 Å². The topological polar surface area (TPSA) is 133 Å². The smallest absolute Gasteiger partial charge is 0.416 e. The number of methoxy groups -OCH3 is 2. The molecule has 2 fully saturated rings. The van der Waals surface area contributed by atoms with Gasteiger partial charge in [-0.2, -0.15) is 36.5 Å². The highest BCUT2D eigenvalue weighted by Crippen LogP contribution is 2.59. The second kappa shape index (κ2) is 18.1. The first-order valence-electron chi connectivity index (χ1n) is 25.1. The Bertz CT molecular complexity index is 3290. The van der Waals surface area contributed by atoms with Gasteiger partial charge in [0.1, 0.15) is 12.3 Å². The lowest BCUT2D eigenvalue weighted by Gasteiger charge is -2.50. The quantitative estimate of drug-likeness (QED) is 0.0819. The van der Waals surface area contributed by atoms with E-state index in [0.29, 0.717) is 90.7 Å². The minimum Gasteiger partial charge on any atom is -0.465 e. The van der Waals surface area contributed by atoms with Gasteiger partial charge in [-0.25, -0.2) is 9.59 Å². The monoisotopic (exact) mass is 1020 g/mol. The van der Waals surface area contributed by atoms with E-state index < -0.39 is 76.6 Å². The van der Waals surface area contributed by atoms with Crippen LogP contribution in [0.25, 0.3) is 33.0 Å². The number of benzene rings is 4. The van der Waals surface area contributed by atoms with Crippen molar-refractivity contribution in [3.63, 3.8) is 0 Å². The van der Waals surface area contributed by atoms with Crippen molar-refractivity contribution in [2.45, 2.75) is 101 Å². The first kappa shape index (κ1) is 49.6. The second-order valence-electron chi connectivity index (χ2n) is 20.4. The van der Waals surface area contributed by atoms with E-state index in [1.807, 2.05) is 83.7 Å². The highest BCUT2D eigenvalue weighted by Gasteiger charge is 2.54. The summed E-state index contributed by atoms with van der Waals surface area (Å²) in [5, 5.41) is 35.0. The number of rotatable bonds is 9. The molecule has 0 radical (unpaired) electrons. The molecule has 7 heterocycles. The molecule has 1 unspecified atom stereocenters. The van der Waals surface area contributed by atoms with Crippen LogP contribution in [0.15, 0.2) is 103 Å². The number of esters is 2. The number of aromatic nitrogens is 2. The number of nitrogens with zero attached hydrogens (tertiary/aromatic N) is 4. The number of nitrogens with one attached hydrogen (secondary N) is 2. The number of para-hydroxylation sites is 2. The molecule has 5 aliphatic rings. The van der Waals surface area contributed by atoms with Gasteiger partial charge in [0.15, 0.2) is 0 Å². The molecule has 0 amide bonds. The van der Waals surface area contributed by atoms with Gasteiger partial charge in [0, 0.05) is 58.0 Å². The van der Waals surface area contributed by atoms with E-state index in [2.05, 4.69) is 10.6 Å². The number of hydrogen-bond acceptors (Lipinski definition) is 10. The highest BCUT2D eigenvalue weighted by molar-refractivity contribution is 6.19. The molecule has 6 aromatic rings. The minimum absolute atomic E-state index is 0.0649. The Morgan fingerprint density at radius 3 is 1.77 bits per heavy atom. The predicted molar refractivity (Wildman–Crippen MR) is 266 cm³/mol. The number of hydroxylamine groups is 4. The summed E-state index contributed by atoms with van der Waals surface area (Å²) in [6.45, 7) is 4.68. The lowest BCUT2D eigenvalue weighted by atomic mass is 9.69. The van der Waals surface area contributed by atoms with Crippen molar-refractivity contribution >= 4 is 56.3 Å². The van der Waals surface area contributed by atoms with Crippen molar-refractivity contribution in [1.82, 2.24) is 19.3 Å². The summed E-state index contributed by atoms with van der Waals surface area (Å²) >= 11 is 0. The van der Waals surface area contributed by atoms with Crippen LogP contribution in [0.3, 0.4) is 0 Å². The Morgan fingerprint density at radius 1 is 0.703 bits per heavy atom. The minimum atomic E-state index is -4.80. The number of piperidine rings is 2. The summed E-state index contributed by atoms with van der Waals surface area (Å²) in [6.07, 6.45) is -3.34. The Morgan fingerprint density at radius 2 is 1.22 bits per heavy atom. The summed E-state index contributed by atoms with van der Waals surface area (Å²) < 4.78 is 102. The zero-order valence-corrected chi connectivity index (χ0v) is 41.1. The molecule has 18 heteroatoms. The predicted octanol–water partition coefficient (Wildman–Crippen LogP) is 12.5. The van der Waals surface area contributed by atoms with Crippen molar-refractivity contribution in [3.8, 4) is 0 Å². The normalized spacial score (nSPS) is 25.9. The molecule has 2 saturated heterocycles. The summed E-state index contributed by atoms with van der Waals surface area (Å²) in [6, 6.07) is 20.7. The van der Waals surface area contributed by atoms with Gasteiger partial charge in [0.2, 0.25) is 0 Å². The zero-order valence-electron chi connectivity index (χ0n) is 41.1. The van der Waals surface area contributed by atoms with E-state index >= 15 is 0 Å². The standard InChI is InChI=1S/C56H56F6N6O6/c1-5-53-23-11-25-65(71)51(53)67-42-15-9-7-13-34(42)36(47(67)38(29-53)49(69)73-3)28-41-45(46(63-33-20-17-31(18-21-33)55(57,58)59)37-27-32(56(60,61)62)19-22-40(37)64-41)44-35-14-8-10-16-43(35)68-48(44)39(50(70)74-4)30-54(6-2)24-12-26-66(72)52(54)68/h7-10,13-22,27,29-30,41,45-46,51-52,63-64,71-72H,5-6,11-12,23-26,28H2,1-4H3/t41-,45+,46?,51-,52-,53+,54+/m1/s1. The molecule has 0 aliphatic carbocycles. The van der Waals surface area contributed by atoms with Gasteiger partial charge in [-0.3, -0.25) is 0 Å². The van der Waals surface area contributed by atoms with Crippen LogP contribution < -0.4 is 10.6 Å². The SMILES string of the molecule is CC[C@]12C=C(C(=O)OC)c3c(C[C@H]4Nc5ccc(C(F)(F)F)cc5C(Nc5ccc(C(F)(F)F)cc5)[C@@H]4c4c5n(c6ccccc46)[C@H]4N(O)CCC[C@@]4(CC)C=C5C(=O)OC)c4ccccc4n3[C@H]1N(O)CCC2.